The van der Waals surface area contributed by atoms with E-state index in [4.69, 9.17) is 0 Å². The summed E-state index contributed by atoms with van der Waals surface area (Å²) in [6, 6.07) is 11.3. The molecular weight excluding hydrogens is 292 g/mol. The number of anilines is 1. The van der Waals surface area contributed by atoms with Crippen LogP contribution in [0.5, 0.6) is 0 Å². The zero-order valence-electron chi connectivity index (χ0n) is 13.1. The van der Waals surface area contributed by atoms with E-state index < -0.39 is 0 Å². The summed E-state index contributed by atoms with van der Waals surface area (Å²) < 4.78 is 3.22. The Morgan fingerprint density at radius 3 is 2.65 bits per heavy atom. The molecular formula is C17H18N4O2. The second-order valence-corrected chi connectivity index (χ2v) is 5.45. The number of benzene rings is 1. The molecule has 3 rings (SSSR count). The molecule has 0 saturated heterocycles. The van der Waals surface area contributed by atoms with Crippen LogP contribution in [0.4, 0.5) is 5.82 Å². The van der Waals surface area contributed by atoms with Crippen LogP contribution in [-0.4, -0.2) is 20.0 Å². The molecule has 6 nitrogen and oxygen atoms in total. The number of rotatable bonds is 4. The summed E-state index contributed by atoms with van der Waals surface area (Å²) in [6.07, 6.45) is 1.85. The van der Waals surface area contributed by atoms with E-state index in [1.165, 1.54) is 0 Å². The number of para-hydroxylation sites is 2. The van der Waals surface area contributed by atoms with Crippen molar-refractivity contribution in [2.75, 3.05) is 5.32 Å². The Morgan fingerprint density at radius 2 is 1.91 bits per heavy atom. The van der Waals surface area contributed by atoms with Crippen molar-refractivity contribution in [3.8, 4) is 0 Å². The Morgan fingerprint density at radius 1 is 1.17 bits per heavy atom. The number of pyridine rings is 1. The highest BCUT2D eigenvalue weighted by atomic mass is 16.2. The molecule has 0 fully saturated rings. The predicted octanol–water partition coefficient (Wildman–Crippen LogP) is 2.07. The van der Waals surface area contributed by atoms with Crippen LogP contribution in [-0.2, 0) is 18.4 Å². The Hall–Kier alpha value is -2.89. The molecule has 2 aromatic heterocycles. The molecule has 0 bridgehead atoms. The number of aromatic nitrogens is 3. The van der Waals surface area contributed by atoms with Crippen molar-refractivity contribution in [1.29, 1.82) is 0 Å². The maximum atomic E-state index is 12.3. The molecule has 0 aliphatic rings. The van der Waals surface area contributed by atoms with Crippen molar-refractivity contribution in [3.05, 3.63) is 58.6 Å². The molecule has 118 valence electrons. The van der Waals surface area contributed by atoms with Gasteiger partial charge in [-0.3, -0.25) is 13.9 Å². The number of nitrogens with one attached hydrogen (secondary N) is 1. The number of imidazole rings is 1. The van der Waals surface area contributed by atoms with Gasteiger partial charge in [0.15, 0.2) is 0 Å². The SMILES string of the molecule is Cc1cccnc1NC(=O)CCn1c(=O)n(C)c2ccccc21. The molecule has 0 aliphatic heterocycles. The first kappa shape index (κ1) is 15.0. The highest BCUT2D eigenvalue weighted by Crippen LogP contribution is 2.13. The van der Waals surface area contributed by atoms with Crippen molar-refractivity contribution in [3.63, 3.8) is 0 Å². The Balaban J connectivity index is 1.76. The van der Waals surface area contributed by atoms with Gasteiger partial charge in [0.2, 0.25) is 5.91 Å². The van der Waals surface area contributed by atoms with E-state index >= 15 is 0 Å². The van der Waals surface area contributed by atoms with Crippen molar-refractivity contribution in [2.24, 2.45) is 7.05 Å². The molecule has 1 N–H and O–H groups in total. The minimum Gasteiger partial charge on any atom is -0.310 e. The fourth-order valence-corrected chi connectivity index (χ4v) is 2.60. The van der Waals surface area contributed by atoms with E-state index in [0.29, 0.717) is 12.4 Å². The van der Waals surface area contributed by atoms with Gasteiger partial charge in [-0.2, -0.15) is 0 Å². The molecule has 0 unspecified atom stereocenters. The molecule has 6 heteroatoms. The monoisotopic (exact) mass is 310 g/mol. The predicted molar refractivity (Wildman–Crippen MR) is 89.4 cm³/mol. The number of aryl methyl sites for hydroxylation is 3. The summed E-state index contributed by atoms with van der Waals surface area (Å²) in [4.78, 5) is 28.6. The Kier molecular flexibility index (Phi) is 3.97. The molecule has 0 atom stereocenters. The highest BCUT2D eigenvalue weighted by Gasteiger charge is 2.12. The van der Waals surface area contributed by atoms with Crippen LogP contribution in [0.25, 0.3) is 11.0 Å². The molecule has 0 aliphatic carbocycles. The number of hydrogen-bond acceptors (Lipinski definition) is 3. The van der Waals surface area contributed by atoms with Crippen molar-refractivity contribution in [1.82, 2.24) is 14.1 Å². The number of hydrogen-bond donors (Lipinski definition) is 1. The van der Waals surface area contributed by atoms with Gasteiger partial charge < -0.3 is 5.32 Å². The summed E-state index contributed by atoms with van der Waals surface area (Å²) in [5.41, 5.74) is 2.48. The number of fused-ring (bicyclic) bond motifs is 1. The maximum Gasteiger partial charge on any atom is 0.328 e. The smallest absolute Gasteiger partial charge is 0.310 e. The van der Waals surface area contributed by atoms with Crippen LogP contribution in [0.15, 0.2) is 47.4 Å². The van der Waals surface area contributed by atoms with Gasteiger partial charge in [0.25, 0.3) is 0 Å². The summed E-state index contributed by atoms with van der Waals surface area (Å²) in [6.45, 7) is 2.22. The van der Waals surface area contributed by atoms with Gasteiger partial charge in [-0.1, -0.05) is 18.2 Å². The summed E-state index contributed by atoms with van der Waals surface area (Å²) in [5.74, 6) is 0.398. The maximum absolute atomic E-state index is 12.3. The minimum absolute atomic E-state index is 0.118. The van der Waals surface area contributed by atoms with E-state index in [0.717, 1.165) is 16.6 Å². The number of amides is 1. The molecule has 1 amide bonds. The Bertz CT molecular complexity index is 924. The lowest BCUT2D eigenvalue weighted by molar-refractivity contribution is -0.116. The quantitative estimate of drug-likeness (QED) is 0.802. The van der Waals surface area contributed by atoms with Gasteiger partial charge in [0, 0.05) is 26.2 Å². The third-order valence-electron chi connectivity index (χ3n) is 3.88. The number of carbonyl (C=O) groups excluding carboxylic acids is 1. The number of carbonyl (C=O) groups is 1. The third kappa shape index (κ3) is 2.88. The summed E-state index contributed by atoms with van der Waals surface area (Å²) in [5, 5.41) is 2.78. The lowest BCUT2D eigenvalue weighted by atomic mass is 10.3. The molecule has 0 saturated carbocycles. The van der Waals surface area contributed by atoms with Gasteiger partial charge in [0.05, 0.1) is 11.0 Å². The molecule has 23 heavy (non-hydrogen) atoms. The highest BCUT2D eigenvalue weighted by molar-refractivity contribution is 5.90. The number of nitrogens with zero attached hydrogens (tertiary/aromatic N) is 3. The normalized spacial score (nSPS) is 10.9. The molecule has 0 spiro atoms. The second-order valence-electron chi connectivity index (χ2n) is 5.45. The molecule has 2 heterocycles. The standard InChI is InChI=1S/C17H18N4O2/c1-12-6-5-10-18-16(12)19-15(22)9-11-21-14-8-4-3-7-13(14)20(2)17(21)23/h3-8,10H,9,11H2,1-2H3,(H,18,19,22). The fraction of sp³-hybridized carbons (Fsp3) is 0.235. The van der Waals surface area contributed by atoms with Gasteiger partial charge in [-0.25, -0.2) is 9.78 Å². The minimum atomic E-state index is -0.161. The van der Waals surface area contributed by atoms with Crippen LogP contribution in [0.3, 0.4) is 0 Å². The lowest BCUT2D eigenvalue weighted by Crippen LogP contribution is -2.24. The Labute approximate surface area is 133 Å². The van der Waals surface area contributed by atoms with E-state index in [9.17, 15) is 9.59 Å². The van der Waals surface area contributed by atoms with E-state index in [1.54, 1.807) is 22.4 Å². The van der Waals surface area contributed by atoms with Crippen LogP contribution < -0.4 is 11.0 Å². The zero-order chi connectivity index (χ0) is 16.4. The first-order valence-corrected chi connectivity index (χ1v) is 7.43. The zero-order valence-corrected chi connectivity index (χ0v) is 13.1. The molecule has 1 aromatic carbocycles. The van der Waals surface area contributed by atoms with E-state index in [1.807, 2.05) is 43.3 Å². The summed E-state index contributed by atoms with van der Waals surface area (Å²) >= 11 is 0. The average molecular weight is 310 g/mol. The third-order valence-corrected chi connectivity index (χ3v) is 3.88. The van der Waals surface area contributed by atoms with Crippen molar-refractivity contribution >= 4 is 22.8 Å². The van der Waals surface area contributed by atoms with Crippen LogP contribution in [0.2, 0.25) is 0 Å². The van der Waals surface area contributed by atoms with Gasteiger partial charge in [-0.05, 0) is 30.7 Å². The fourth-order valence-electron chi connectivity index (χ4n) is 2.60. The largest absolute Gasteiger partial charge is 0.328 e. The topological polar surface area (TPSA) is 68.9 Å². The molecule has 0 radical (unpaired) electrons. The lowest BCUT2D eigenvalue weighted by Gasteiger charge is -2.07. The second kappa shape index (κ2) is 6.08. The van der Waals surface area contributed by atoms with Gasteiger partial charge >= 0.3 is 5.69 Å². The van der Waals surface area contributed by atoms with Crippen LogP contribution >= 0.6 is 0 Å². The average Bonchev–Trinajstić information content (AvgIpc) is 2.80. The molecule has 3 aromatic rings. The summed E-state index contributed by atoms with van der Waals surface area (Å²) in [7, 11) is 1.73. The van der Waals surface area contributed by atoms with Gasteiger partial charge in [-0.15, -0.1) is 0 Å². The first-order chi connectivity index (χ1) is 11.1. The first-order valence-electron chi connectivity index (χ1n) is 7.43. The van der Waals surface area contributed by atoms with Crippen LogP contribution in [0, 0.1) is 6.92 Å². The van der Waals surface area contributed by atoms with Crippen molar-refractivity contribution < 1.29 is 4.79 Å². The van der Waals surface area contributed by atoms with Crippen molar-refractivity contribution in [2.45, 2.75) is 19.9 Å². The van der Waals surface area contributed by atoms with E-state index in [-0.39, 0.29) is 18.0 Å². The van der Waals surface area contributed by atoms with Gasteiger partial charge in [0.1, 0.15) is 5.82 Å². The van der Waals surface area contributed by atoms with E-state index in [2.05, 4.69) is 10.3 Å². The van der Waals surface area contributed by atoms with Crippen LogP contribution in [0.1, 0.15) is 12.0 Å².